The standard InChI is InChI=1S/C14H17N7/c15-13-17-9-18-21(13)14-19-11-8-16-7-6-12(11)20(14)10-4-2-1-3-5-10/h6-10H,1-5H2,(H2,15,17,18). The number of pyridine rings is 1. The summed E-state index contributed by atoms with van der Waals surface area (Å²) >= 11 is 0. The van der Waals surface area contributed by atoms with E-state index >= 15 is 0 Å². The highest BCUT2D eigenvalue weighted by molar-refractivity contribution is 5.76. The van der Waals surface area contributed by atoms with Crippen LogP contribution in [0.1, 0.15) is 38.1 Å². The lowest BCUT2D eigenvalue weighted by molar-refractivity contribution is 0.356. The number of nitrogen functional groups attached to an aromatic ring is 1. The van der Waals surface area contributed by atoms with E-state index in [-0.39, 0.29) is 0 Å². The predicted octanol–water partition coefficient (Wildman–Crippen LogP) is 2.10. The van der Waals surface area contributed by atoms with E-state index in [1.807, 2.05) is 6.07 Å². The van der Waals surface area contributed by atoms with E-state index in [1.165, 1.54) is 25.6 Å². The maximum absolute atomic E-state index is 5.91. The van der Waals surface area contributed by atoms with Crippen LogP contribution in [0.15, 0.2) is 24.8 Å². The third-order valence-corrected chi connectivity index (χ3v) is 4.18. The first kappa shape index (κ1) is 12.3. The van der Waals surface area contributed by atoms with E-state index in [9.17, 15) is 0 Å². The van der Waals surface area contributed by atoms with Crippen molar-refractivity contribution in [3.05, 3.63) is 24.8 Å². The van der Waals surface area contributed by atoms with E-state index < -0.39 is 0 Å². The first-order valence-corrected chi connectivity index (χ1v) is 7.32. The van der Waals surface area contributed by atoms with Crippen molar-refractivity contribution in [2.75, 3.05) is 5.73 Å². The summed E-state index contributed by atoms with van der Waals surface area (Å²) in [5.74, 6) is 1.09. The third kappa shape index (κ3) is 1.96. The Bertz CT molecular complexity index is 767. The van der Waals surface area contributed by atoms with Gasteiger partial charge in [0.05, 0.1) is 11.7 Å². The largest absolute Gasteiger partial charge is 0.368 e. The zero-order valence-corrected chi connectivity index (χ0v) is 11.7. The molecule has 3 aromatic rings. The summed E-state index contributed by atoms with van der Waals surface area (Å²) in [7, 11) is 0. The molecule has 0 unspecified atom stereocenters. The fourth-order valence-electron chi connectivity index (χ4n) is 3.19. The molecule has 21 heavy (non-hydrogen) atoms. The van der Waals surface area contributed by atoms with Gasteiger partial charge in [-0.1, -0.05) is 19.3 Å². The molecule has 0 radical (unpaired) electrons. The zero-order valence-electron chi connectivity index (χ0n) is 11.7. The Morgan fingerprint density at radius 3 is 2.81 bits per heavy atom. The van der Waals surface area contributed by atoms with E-state index in [0.717, 1.165) is 29.8 Å². The summed E-state index contributed by atoms with van der Waals surface area (Å²) in [4.78, 5) is 12.8. The molecule has 7 heteroatoms. The molecule has 108 valence electrons. The van der Waals surface area contributed by atoms with Gasteiger partial charge in [-0.3, -0.25) is 4.98 Å². The Kier molecular flexibility index (Phi) is 2.83. The van der Waals surface area contributed by atoms with Gasteiger partial charge in [0.2, 0.25) is 11.9 Å². The van der Waals surface area contributed by atoms with Crippen LogP contribution in [0.25, 0.3) is 17.0 Å². The summed E-state index contributed by atoms with van der Waals surface area (Å²) in [5, 5.41) is 4.21. The minimum Gasteiger partial charge on any atom is -0.368 e. The monoisotopic (exact) mass is 283 g/mol. The molecule has 1 fully saturated rings. The second-order valence-corrected chi connectivity index (χ2v) is 5.47. The molecule has 3 heterocycles. The average Bonchev–Trinajstić information content (AvgIpc) is 3.11. The molecule has 0 aromatic carbocycles. The van der Waals surface area contributed by atoms with Crippen molar-refractivity contribution in [3.8, 4) is 5.95 Å². The molecule has 0 atom stereocenters. The van der Waals surface area contributed by atoms with Crippen molar-refractivity contribution in [2.24, 2.45) is 0 Å². The van der Waals surface area contributed by atoms with Crippen LogP contribution < -0.4 is 5.73 Å². The van der Waals surface area contributed by atoms with Crippen molar-refractivity contribution in [1.29, 1.82) is 0 Å². The second kappa shape index (κ2) is 4.83. The van der Waals surface area contributed by atoms with Crippen molar-refractivity contribution in [3.63, 3.8) is 0 Å². The fourth-order valence-corrected chi connectivity index (χ4v) is 3.19. The highest BCUT2D eigenvalue weighted by Gasteiger charge is 2.23. The zero-order chi connectivity index (χ0) is 14.2. The average molecular weight is 283 g/mol. The molecule has 7 nitrogen and oxygen atoms in total. The van der Waals surface area contributed by atoms with Crippen LogP contribution in [-0.4, -0.2) is 29.3 Å². The summed E-state index contributed by atoms with van der Waals surface area (Å²) in [6.07, 6.45) is 11.2. The summed E-state index contributed by atoms with van der Waals surface area (Å²) < 4.78 is 3.86. The molecule has 3 aromatic heterocycles. The molecule has 4 rings (SSSR count). The minimum absolute atomic E-state index is 0.357. The number of hydrogen-bond donors (Lipinski definition) is 1. The number of nitrogens with zero attached hydrogens (tertiary/aromatic N) is 6. The van der Waals surface area contributed by atoms with Crippen molar-refractivity contribution in [2.45, 2.75) is 38.1 Å². The van der Waals surface area contributed by atoms with Crippen LogP contribution >= 0.6 is 0 Å². The van der Waals surface area contributed by atoms with Crippen LogP contribution in [0, 0.1) is 0 Å². The van der Waals surface area contributed by atoms with Gasteiger partial charge in [0, 0.05) is 12.2 Å². The minimum atomic E-state index is 0.357. The lowest BCUT2D eigenvalue weighted by atomic mass is 9.95. The van der Waals surface area contributed by atoms with Crippen LogP contribution in [0.3, 0.4) is 0 Å². The van der Waals surface area contributed by atoms with E-state index in [4.69, 9.17) is 5.73 Å². The van der Waals surface area contributed by atoms with E-state index in [0.29, 0.717) is 12.0 Å². The molecule has 0 bridgehead atoms. The maximum Gasteiger partial charge on any atom is 0.235 e. The molecule has 2 N–H and O–H groups in total. The Balaban J connectivity index is 1.94. The Morgan fingerprint density at radius 2 is 2.05 bits per heavy atom. The number of hydrogen-bond acceptors (Lipinski definition) is 5. The molecule has 0 amide bonds. The molecule has 0 aliphatic heterocycles. The number of rotatable bonds is 2. The van der Waals surface area contributed by atoms with Gasteiger partial charge < -0.3 is 10.3 Å². The van der Waals surface area contributed by atoms with Crippen LogP contribution in [-0.2, 0) is 0 Å². The Morgan fingerprint density at radius 1 is 1.19 bits per heavy atom. The van der Waals surface area contributed by atoms with E-state index in [1.54, 1.807) is 17.1 Å². The summed E-state index contributed by atoms with van der Waals surface area (Å²) in [6, 6.07) is 2.44. The van der Waals surface area contributed by atoms with Gasteiger partial charge >= 0.3 is 0 Å². The van der Waals surface area contributed by atoms with Gasteiger partial charge in [0.25, 0.3) is 0 Å². The van der Waals surface area contributed by atoms with Crippen molar-refractivity contribution < 1.29 is 0 Å². The summed E-state index contributed by atoms with van der Waals surface area (Å²) in [5.41, 5.74) is 7.87. The normalized spacial score (nSPS) is 16.6. The topological polar surface area (TPSA) is 87.4 Å². The highest BCUT2D eigenvalue weighted by Crippen LogP contribution is 2.33. The molecule has 0 spiro atoms. The lowest BCUT2D eigenvalue weighted by Gasteiger charge is -2.25. The third-order valence-electron chi connectivity index (χ3n) is 4.18. The molecule has 1 aliphatic rings. The Labute approximate surface area is 121 Å². The van der Waals surface area contributed by atoms with Gasteiger partial charge in [-0.25, -0.2) is 4.98 Å². The van der Waals surface area contributed by atoms with Gasteiger partial charge in [-0.05, 0) is 18.9 Å². The predicted molar refractivity (Wildman–Crippen MR) is 79.0 cm³/mol. The van der Waals surface area contributed by atoms with Gasteiger partial charge in [0.15, 0.2) is 0 Å². The molecule has 1 saturated carbocycles. The van der Waals surface area contributed by atoms with Crippen LogP contribution in [0.4, 0.5) is 5.95 Å². The highest BCUT2D eigenvalue weighted by atomic mass is 15.4. The van der Waals surface area contributed by atoms with Crippen LogP contribution in [0.2, 0.25) is 0 Å². The van der Waals surface area contributed by atoms with Crippen molar-refractivity contribution in [1.82, 2.24) is 29.3 Å². The van der Waals surface area contributed by atoms with Gasteiger partial charge in [-0.2, -0.15) is 14.8 Å². The molecule has 1 aliphatic carbocycles. The molecular weight excluding hydrogens is 266 g/mol. The first-order valence-electron chi connectivity index (χ1n) is 7.32. The fraction of sp³-hybridized carbons (Fsp3) is 0.429. The van der Waals surface area contributed by atoms with E-state index in [2.05, 4.69) is 24.6 Å². The number of imidazole rings is 1. The van der Waals surface area contributed by atoms with Crippen molar-refractivity contribution >= 4 is 17.0 Å². The maximum atomic E-state index is 5.91. The number of fused-ring (bicyclic) bond motifs is 1. The quantitative estimate of drug-likeness (QED) is 0.778. The molecular formula is C14H17N7. The first-order chi connectivity index (χ1) is 10.3. The summed E-state index contributed by atoms with van der Waals surface area (Å²) in [6.45, 7) is 0. The smallest absolute Gasteiger partial charge is 0.235 e. The molecule has 0 saturated heterocycles. The second-order valence-electron chi connectivity index (χ2n) is 5.47. The Hall–Kier alpha value is -2.44. The number of nitrogens with two attached hydrogens (primary N) is 1. The van der Waals surface area contributed by atoms with Crippen LogP contribution in [0.5, 0.6) is 0 Å². The number of aromatic nitrogens is 6. The lowest BCUT2D eigenvalue weighted by Crippen LogP contribution is -2.18. The SMILES string of the molecule is Nc1ncnn1-c1nc2cnccc2n1C1CCCCC1. The van der Waals surface area contributed by atoms with Gasteiger partial charge in [0.1, 0.15) is 11.8 Å². The number of anilines is 1. The van der Waals surface area contributed by atoms with Gasteiger partial charge in [-0.15, -0.1) is 0 Å².